The van der Waals surface area contributed by atoms with Gasteiger partial charge in [0.05, 0.1) is 11.8 Å². The fourth-order valence-corrected chi connectivity index (χ4v) is 3.98. The molecule has 0 saturated carbocycles. The summed E-state index contributed by atoms with van der Waals surface area (Å²) in [6, 6.07) is 4.01. The molecule has 2 aromatic heterocycles. The molecular formula is C12H14N2OS3. The van der Waals surface area contributed by atoms with Crippen molar-refractivity contribution in [3.05, 3.63) is 33.5 Å². The Balaban J connectivity index is 1.81. The van der Waals surface area contributed by atoms with Crippen molar-refractivity contribution in [3.63, 3.8) is 0 Å². The van der Waals surface area contributed by atoms with Crippen molar-refractivity contribution in [2.24, 2.45) is 0 Å². The first-order valence-electron chi connectivity index (χ1n) is 5.54. The first-order valence-corrected chi connectivity index (χ1v) is 8.18. The minimum atomic E-state index is -0.115. The third-order valence-corrected chi connectivity index (χ3v) is 5.33. The smallest absolute Gasteiger partial charge is 0.233 e. The molecule has 0 aliphatic heterocycles. The second-order valence-corrected chi connectivity index (χ2v) is 7.29. The molecule has 1 amide bonds. The van der Waals surface area contributed by atoms with E-state index in [1.807, 2.05) is 36.7 Å². The van der Waals surface area contributed by atoms with Crippen LogP contribution in [0.5, 0.6) is 0 Å². The van der Waals surface area contributed by atoms with Gasteiger partial charge in [0.1, 0.15) is 0 Å². The molecule has 0 radical (unpaired) electrons. The summed E-state index contributed by atoms with van der Waals surface area (Å²) in [5.74, 6) is 0.0567. The zero-order valence-corrected chi connectivity index (χ0v) is 12.6. The fraction of sp³-hybridized carbons (Fsp3) is 0.333. The largest absolute Gasteiger partial charge is 0.350 e. The second kappa shape index (κ2) is 6.36. The number of aryl methyl sites for hydroxylation is 1. The number of rotatable bonds is 5. The first-order chi connectivity index (χ1) is 8.65. The lowest BCUT2D eigenvalue weighted by molar-refractivity contribution is -0.120. The molecule has 18 heavy (non-hydrogen) atoms. The maximum atomic E-state index is 11.9. The third kappa shape index (κ3) is 3.83. The lowest BCUT2D eigenvalue weighted by Crippen LogP contribution is -2.30. The molecule has 0 spiro atoms. The van der Waals surface area contributed by atoms with Crippen LogP contribution in [0.4, 0.5) is 0 Å². The Kier molecular flexibility index (Phi) is 4.79. The van der Waals surface area contributed by atoms with E-state index in [1.54, 1.807) is 22.7 Å². The molecule has 2 aromatic rings. The van der Waals surface area contributed by atoms with E-state index in [4.69, 9.17) is 0 Å². The topological polar surface area (TPSA) is 42.0 Å². The highest BCUT2D eigenvalue weighted by Gasteiger charge is 2.15. The van der Waals surface area contributed by atoms with Gasteiger partial charge in [0, 0.05) is 16.0 Å². The summed E-state index contributed by atoms with van der Waals surface area (Å²) in [6.07, 6.45) is 0. The molecule has 0 aromatic carbocycles. The van der Waals surface area contributed by atoms with Crippen LogP contribution in [0.15, 0.2) is 27.2 Å². The second-order valence-electron chi connectivity index (χ2n) is 3.81. The van der Waals surface area contributed by atoms with Crippen LogP contribution in [0.1, 0.15) is 17.5 Å². The Morgan fingerprint density at radius 2 is 2.39 bits per heavy atom. The van der Waals surface area contributed by atoms with Crippen LogP contribution >= 0.6 is 34.4 Å². The van der Waals surface area contributed by atoms with Crippen LogP contribution in [0.3, 0.4) is 0 Å². The van der Waals surface area contributed by atoms with Gasteiger partial charge in [0.25, 0.3) is 0 Å². The van der Waals surface area contributed by atoms with Crippen molar-refractivity contribution in [3.8, 4) is 0 Å². The van der Waals surface area contributed by atoms with E-state index in [9.17, 15) is 4.79 Å². The fourth-order valence-electron chi connectivity index (χ4n) is 1.32. The highest BCUT2D eigenvalue weighted by Crippen LogP contribution is 2.26. The Hall–Kier alpha value is -0.850. The molecule has 0 unspecified atom stereocenters. The number of hydrogen-bond acceptors (Lipinski definition) is 5. The summed E-state index contributed by atoms with van der Waals surface area (Å²) in [7, 11) is 0. The number of aromatic nitrogens is 1. The van der Waals surface area contributed by atoms with Gasteiger partial charge in [-0.3, -0.25) is 4.79 Å². The Morgan fingerprint density at radius 1 is 1.56 bits per heavy atom. The van der Waals surface area contributed by atoms with E-state index >= 15 is 0 Å². The van der Waals surface area contributed by atoms with Gasteiger partial charge in [-0.15, -0.1) is 22.7 Å². The predicted octanol–water partition coefficient (Wildman–Crippen LogP) is 3.31. The monoisotopic (exact) mass is 298 g/mol. The summed E-state index contributed by atoms with van der Waals surface area (Å²) in [4.78, 5) is 17.4. The number of thiazole rings is 1. The van der Waals surface area contributed by atoms with Crippen molar-refractivity contribution in [1.82, 2.24) is 10.3 Å². The van der Waals surface area contributed by atoms with Crippen LogP contribution in [-0.4, -0.2) is 16.1 Å². The van der Waals surface area contributed by atoms with Gasteiger partial charge in [-0.2, -0.15) is 0 Å². The summed E-state index contributed by atoms with van der Waals surface area (Å²) < 4.78 is 0.950. The molecule has 1 N–H and O–H groups in total. The lowest BCUT2D eigenvalue weighted by Gasteiger charge is -2.09. The zero-order chi connectivity index (χ0) is 13.0. The quantitative estimate of drug-likeness (QED) is 0.861. The van der Waals surface area contributed by atoms with E-state index in [0.29, 0.717) is 6.54 Å². The number of thioether (sulfide) groups is 1. The average molecular weight is 298 g/mol. The SMILES string of the molecule is Cc1csc(S[C@H](C)C(=O)NCc2cccs2)n1. The number of nitrogens with zero attached hydrogens (tertiary/aromatic N) is 1. The first kappa shape index (κ1) is 13.6. The van der Waals surface area contributed by atoms with Crippen LogP contribution in [0, 0.1) is 6.92 Å². The molecule has 2 rings (SSSR count). The van der Waals surface area contributed by atoms with Crippen molar-refractivity contribution in [2.45, 2.75) is 30.0 Å². The minimum Gasteiger partial charge on any atom is -0.350 e. The van der Waals surface area contributed by atoms with E-state index in [1.165, 1.54) is 16.6 Å². The standard InChI is InChI=1S/C12H14N2OS3/c1-8-7-17-12(14-8)18-9(2)11(15)13-6-10-4-3-5-16-10/h3-5,7,9H,6H2,1-2H3,(H,13,15)/t9-/m1/s1. The number of thiophene rings is 1. The summed E-state index contributed by atoms with van der Waals surface area (Å²) in [5, 5.41) is 6.83. The molecule has 1 atom stereocenters. The third-order valence-electron chi connectivity index (χ3n) is 2.26. The van der Waals surface area contributed by atoms with Crippen molar-refractivity contribution < 1.29 is 4.79 Å². The predicted molar refractivity (Wildman–Crippen MR) is 78.3 cm³/mol. The van der Waals surface area contributed by atoms with Gasteiger partial charge in [-0.1, -0.05) is 17.8 Å². The average Bonchev–Trinajstić information content (AvgIpc) is 2.97. The number of amides is 1. The Labute approximate surface area is 119 Å². The maximum absolute atomic E-state index is 11.9. The molecule has 2 heterocycles. The van der Waals surface area contributed by atoms with E-state index < -0.39 is 0 Å². The molecule has 6 heteroatoms. The highest BCUT2D eigenvalue weighted by molar-refractivity contribution is 8.02. The van der Waals surface area contributed by atoms with Gasteiger partial charge in [-0.25, -0.2) is 4.98 Å². The van der Waals surface area contributed by atoms with Gasteiger partial charge < -0.3 is 5.32 Å². The molecule has 3 nitrogen and oxygen atoms in total. The number of nitrogens with one attached hydrogen (secondary N) is 1. The molecular weight excluding hydrogens is 284 g/mol. The Bertz CT molecular complexity index is 507. The molecule has 0 fully saturated rings. The van der Waals surface area contributed by atoms with Gasteiger partial charge in [0.15, 0.2) is 4.34 Å². The van der Waals surface area contributed by atoms with Gasteiger partial charge in [0.2, 0.25) is 5.91 Å². The molecule has 96 valence electrons. The van der Waals surface area contributed by atoms with Crippen molar-refractivity contribution in [1.29, 1.82) is 0 Å². The minimum absolute atomic E-state index is 0.0567. The van der Waals surface area contributed by atoms with Crippen LogP contribution in [-0.2, 0) is 11.3 Å². The van der Waals surface area contributed by atoms with E-state index in [2.05, 4.69) is 10.3 Å². The normalized spacial score (nSPS) is 12.3. The number of carbonyl (C=O) groups excluding carboxylic acids is 1. The molecule has 0 aliphatic carbocycles. The van der Waals surface area contributed by atoms with E-state index in [-0.39, 0.29) is 11.2 Å². The Morgan fingerprint density at radius 3 is 3.00 bits per heavy atom. The highest BCUT2D eigenvalue weighted by atomic mass is 32.2. The molecule has 0 saturated heterocycles. The number of carbonyl (C=O) groups is 1. The van der Waals surface area contributed by atoms with Crippen LogP contribution in [0.25, 0.3) is 0 Å². The summed E-state index contributed by atoms with van der Waals surface area (Å²) in [6.45, 7) is 4.48. The van der Waals surface area contributed by atoms with Crippen molar-refractivity contribution >= 4 is 40.3 Å². The zero-order valence-electron chi connectivity index (χ0n) is 10.2. The van der Waals surface area contributed by atoms with Crippen molar-refractivity contribution in [2.75, 3.05) is 0 Å². The maximum Gasteiger partial charge on any atom is 0.233 e. The molecule has 0 aliphatic rings. The van der Waals surface area contributed by atoms with Crippen LogP contribution in [0.2, 0.25) is 0 Å². The van der Waals surface area contributed by atoms with E-state index in [0.717, 1.165) is 10.0 Å². The van der Waals surface area contributed by atoms with Gasteiger partial charge >= 0.3 is 0 Å². The van der Waals surface area contributed by atoms with Gasteiger partial charge in [-0.05, 0) is 25.3 Å². The van der Waals surface area contributed by atoms with Crippen LogP contribution < -0.4 is 5.32 Å². The summed E-state index contributed by atoms with van der Waals surface area (Å²) in [5.41, 5.74) is 1.01. The summed E-state index contributed by atoms with van der Waals surface area (Å²) >= 11 is 4.75. The number of hydrogen-bond donors (Lipinski definition) is 1. The lowest BCUT2D eigenvalue weighted by atomic mass is 10.4. The molecule has 0 bridgehead atoms.